The van der Waals surface area contributed by atoms with E-state index in [0.717, 1.165) is 12.8 Å². The van der Waals surface area contributed by atoms with E-state index in [1.807, 2.05) is 13.0 Å². The molecule has 3 nitrogen and oxygen atoms in total. The first-order valence-electron chi connectivity index (χ1n) is 8.07. The van der Waals surface area contributed by atoms with Gasteiger partial charge in [-0.2, -0.15) is 0 Å². The summed E-state index contributed by atoms with van der Waals surface area (Å²) in [5, 5.41) is 10.1. The van der Waals surface area contributed by atoms with Gasteiger partial charge in [0.15, 0.2) is 5.60 Å². The maximum absolute atomic E-state index is 11.4. The number of rotatable bonds is 8. The van der Waals surface area contributed by atoms with Gasteiger partial charge in [0, 0.05) is 0 Å². The van der Waals surface area contributed by atoms with E-state index < -0.39 is 11.7 Å². The molecule has 3 atom stereocenters. The Bertz CT molecular complexity index is 348. The third-order valence-electron chi connectivity index (χ3n) is 4.34. The van der Waals surface area contributed by atoms with Gasteiger partial charge in [-0.3, -0.25) is 4.79 Å². The van der Waals surface area contributed by atoms with Gasteiger partial charge in [0.2, 0.25) is 0 Å². The first kappa shape index (κ1) is 17.2. The Morgan fingerprint density at radius 3 is 2.65 bits per heavy atom. The number of esters is 1. The first-order chi connectivity index (χ1) is 9.47. The minimum Gasteiger partial charge on any atom is -0.452 e. The molecule has 1 fully saturated rings. The molecular formula is C17H30O3. The first-order valence-corrected chi connectivity index (χ1v) is 8.07. The number of unbranched alkanes of at least 4 members (excludes halogenated alkanes) is 1. The molecule has 0 aromatic carbocycles. The molecule has 3 heteroatoms. The smallest absolute Gasteiger partial charge is 0.309 e. The van der Waals surface area contributed by atoms with Crippen molar-refractivity contribution in [2.75, 3.05) is 0 Å². The Morgan fingerprint density at radius 2 is 2.20 bits per heavy atom. The zero-order chi connectivity index (χ0) is 15.2. The lowest BCUT2D eigenvalue weighted by Crippen LogP contribution is -2.37. The molecule has 1 rings (SSSR count). The fraction of sp³-hybridized carbons (Fsp3) is 0.824. The fourth-order valence-corrected chi connectivity index (χ4v) is 2.94. The normalized spacial score (nSPS) is 28.6. The van der Waals surface area contributed by atoms with Crippen LogP contribution in [0.15, 0.2) is 11.6 Å². The highest BCUT2D eigenvalue weighted by Crippen LogP contribution is 2.34. The molecule has 0 aromatic rings. The maximum atomic E-state index is 11.4. The van der Waals surface area contributed by atoms with Crippen molar-refractivity contribution < 1.29 is 14.6 Å². The largest absolute Gasteiger partial charge is 0.452 e. The highest BCUT2D eigenvalue weighted by molar-refractivity contribution is 5.74. The summed E-state index contributed by atoms with van der Waals surface area (Å²) in [6, 6.07) is 0. The van der Waals surface area contributed by atoms with Crippen LogP contribution in [0.4, 0.5) is 0 Å². The van der Waals surface area contributed by atoms with Crippen molar-refractivity contribution in [3.05, 3.63) is 11.6 Å². The molecule has 0 aromatic heterocycles. The minimum absolute atomic E-state index is 0.118. The summed E-state index contributed by atoms with van der Waals surface area (Å²) in [5.41, 5.74) is 0.511. The highest BCUT2D eigenvalue weighted by Gasteiger charge is 2.45. The molecule has 116 valence electrons. The molecule has 0 unspecified atom stereocenters. The molecule has 0 saturated carbocycles. The van der Waals surface area contributed by atoms with Crippen LogP contribution in [0, 0.1) is 5.92 Å². The summed E-state index contributed by atoms with van der Waals surface area (Å²) >= 11 is 0. The minimum atomic E-state index is -0.785. The van der Waals surface area contributed by atoms with Gasteiger partial charge < -0.3 is 9.84 Å². The zero-order valence-electron chi connectivity index (χ0n) is 13.4. The van der Waals surface area contributed by atoms with E-state index in [1.165, 1.54) is 24.8 Å². The van der Waals surface area contributed by atoms with Crippen LogP contribution in [0.1, 0.15) is 72.6 Å². The van der Waals surface area contributed by atoms with Gasteiger partial charge >= 0.3 is 5.97 Å². The van der Waals surface area contributed by atoms with Gasteiger partial charge in [0.25, 0.3) is 0 Å². The summed E-state index contributed by atoms with van der Waals surface area (Å²) in [6.07, 6.45) is 7.78. The Kier molecular flexibility index (Phi) is 6.74. The quantitative estimate of drug-likeness (QED) is 0.541. The van der Waals surface area contributed by atoms with Gasteiger partial charge in [0.1, 0.15) is 6.10 Å². The standard InChI is InChI=1S/C17H30O3/c1-5-8-9-13(4)10-14(6-2)12-17(7-3)15(18)11-16(19)20-17/h12-13,15,18H,5-11H2,1-4H3/b14-12+/t13-,15+,17+/m1/s1. The van der Waals surface area contributed by atoms with Crippen LogP contribution in [-0.2, 0) is 9.53 Å². The predicted molar refractivity (Wildman–Crippen MR) is 81.4 cm³/mol. The van der Waals surface area contributed by atoms with Crippen LogP contribution in [0.5, 0.6) is 0 Å². The Labute approximate surface area is 123 Å². The van der Waals surface area contributed by atoms with E-state index in [0.29, 0.717) is 12.3 Å². The summed E-state index contributed by atoms with van der Waals surface area (Å²) < 4.78 is 5.44. The molecule has 0 radical (unpaired) electrons. The molecule has 1 saturated heterocycles. The van der Waals surface area contributed by atoms with Crippen LogP contribution in [0.25, 0.3) is 0 Å². The maximum Gasteiger partial charge on any atom is 0.309 e. The van der Waals surface area contributed by atoms with Crippen LogP contribution >= 0.6 is 0 Å². The number of allylic oxidation sites excluding steroid dienone is 1. The average molecular weight is 282 g/mol. The summed E-state index contributed by atoms with van der Waals surface area (Å²) in [5.74, 6) is 0.356. The molecule has 0 bridgehead atoms. The number of aliphatic hydroxyl groups is 1. The van der Waals surface area contributed by atoms with Crippen molar-refractivity contribution in [2.24, 2.45) is 5.92 Å². The van der Waals surface area contributed by atoms with E-state index in [-0.39, 0.29) is 12.4 Å². The molecular weight excluding hydrogens is 252 g/mol. The number of hydrogen-bond acceptors (Lipinski definition) is 3. The van der Waals surface area contributed by atoms with E-state index in [1.54, 1.807) is 0 Å². The summed E-state index contributed by atoms with van der Waals surface area (Å²) in [4.78, 5) is 11.4. The molecule has 1 N–H and O–H groups in total. The molecule has 20 heavy (non-hydrogen) atoms. The van der Waals surface area contributed by atoms with E-state index >= 15 is 0 Å². The molecule has 1 aliphatic rings. The van der Waals surface area contributed by atoms with Gasteiger partial charge in [-0.1, -0.05) is 52.5 Å². The molecule has 0 aliphatic carbocycles. The lowest BCUT2D eigenvalue weighted by Gasteiger charge is -2.28. The monoisotopic (exact) mass is 282 g/mol. The number of cyclic esters (lactones) is 1. The van der Waals surface area contributed by atoms with Crippen LogP contribution < -0.4 is 0 Å². The van der Waals surface area contributed by atoms with Crippen molar-refractivity contribution in [1.82, 2.24) is 0 Å². The molecule has 0 spiro atoms. The van der Waals surface area contributed by atoms with Crippen LogP contribution in [-0.4, -0.2) is 22.8 Å². The average Bonchev–Trinajstić information content (AvgIpc) is 2.70. The topological polar surface area (TPSA) is 46.5 Å². The van der Waals surface area contributed by atoms with Crippen molar-refractivity contribution in [3.63, 3.8) is 0 Å². The van der Waals surface area contributed by atoms with Crippen molar-refractivity contribution in [3.8, 4) is 0 Å². The fourth-order valence-electron chi connectivity index (χ4n) is 2.94. The third kappa shape index (κ3) is 4.34. The third-order valence-corrected chi connectivity index (χ3v) is 4.34. The van der Waals surface area contributed by atoms with Crippen molar-refractivity contribution in [2.45, 2.75) is 84.3 Å². The Balaban J connectivity index is 2.78. The number of carbonyl (C=O) groups is 1. The van der Waals surface area contributed by atoms with E-state index in [2.05, 4.69) is 20.8 Å². The van der Waals surface area contributed by atoms with Gasteiger partial charge in [-0.05, 0) is 31.3 Å². The second-order valence-corrected chi connectivity index (χ2v) is 6.11. The van der Waals surface area contributed by atoms with E-state index in [9.17, 15) is 9.90 Å². The summed E-state index contributed by atoms with van der Waals surface area (Å²) in [7, 11) is 0. The lowest BCUT2D eigenvalue weighted by molar-refractivity contribution is -0.146. The number of carbonyl (C=O) groups excluding carboxylic acids is 1. The second-order valence-electron chi connectivity index (χ2n) is 6.11. The number of ether oxygens (including phenoxy) is 1. The predicted octanol–water partition coefficient (Wildman–Crippen LogP) is 4.00. The lowest BCUT2D eigenvalue weighted by atomic mass is 9.87. The SMILES string of the molecule is CCCC[C@@H](C)C/C(=C/[C@]1(CC)OC(=O)C[C@@H]1O)CC. The highest BCUT2D eigenvalue weighted by atomic mass is 16.6. The van der Waals surface area contributed by atoms with Crippen molar-refractivity contribution in [1.29, 1.82) is 0 Å². The zero-order valence-corrected chi connectivity index (χ0v) is 13.4. The van der Waals surface area contributed by atoms with Gasteiger partial charge in [-0.25, -0.2) is 0 Å². The number of aliphatic hydroxyl groups excluding tert-OH is 1. The van der Waals surface area contributed by atoms with Crippen LogP contribution in [0.3, 0.4) is 0 Å². The number of hydrogen-bond donors (Lipinski definition) is 1. The summed E-state index contributed by atoms with van der Waals surface area (Å²) in [6.45, 7) is 8.58. The van der Waals surface area contributed by atoms with Crippen LogP contribution in [0.2, 0.25) is 0 Å². The van der Waals surface area contributed by atoms with Gasteiger partial charge in [0.05, 0.1) is 6.42 Å². The Hall–Kier alpha value is -0.830. The molecule has 1 aliphatic heterocycles. The Morgan fingerprint density at radius 1 is 1.50 bits per heavy atom. The van der Waals surface area contributed by atoms with E-state index in [4.69, 9.17) is 4.74 Å². The molecule has 0 amide bonds. The van der Waals surface area contributed by atoms with Gasteiger partial charge in [-0.15, -0.1) is 0 Å². The van der Waals surface area contributed by atoms with Crippen molar-refractivity contribution >= 4 is 5.97 Å². The molecule has 1 heterocycles. The second kappa shape index (κ2) is 7.82.